The summed E-state index contributed by atoms with van der Waals surface area (Å²) in [5.74, 6) is 17.3. The van der Waals surface area contributed by atoms with Crippen LogP contribution in [-0.4, -0.2) is 0 Å². The summed E-state index contributed by atoms with van der Waals surface area (Å²) in [6.45, 7) is 3.85. The van der Waals surface area contributed by atoms with Crippen molar-refractivity contribution in [3.8, 4) is 35.5 Å². The molecule has 0 heteroatoms. The Balaban J connectivity index is 3.32. The highest BCUT2D eigenvalue weighted by Crippen LogP contribution is 1.91. The lowest BCUT2D eigenvalue weighted by Crippen LogP contribution is -1.69. The number of hydrogen-bond acceptors (Lipinski definition) is 0. The second-order valence-electron chi connectivity index (χ2n) is 2.24. The Hall–Kier alpha value is -1.32. The lowest BCUT2D eigenvalue weighted by Gasteiger charge is -1.82. The van der Waals surface area contributed by atoms with E-state index in [0.717, 1.165) is 25.7 Å². The maximum absolute atomic E-state index is 3.07. The van der Waals surface area contributed by atoms with Gasteiger partial charge in [0.2, 0.25) is 0 Å². The van der Waals surface area contributed by atoms with Crippen molar-refractivity contribution >= 4 is 0 Å². The van der Waals surface area contributed by atoms with E-state index in [-0.39, 0.29) is 0 Å². The Morgan fingerprint density at radius 1 is 0.917 bits per heavy atom. The lowest BCUT2D eigenvalue weighted by molar-refractivity contribution is 0.902. The first-order chi connectivity index (χ1) is 5.91. The van der Waals surface area contributed by atoms with Crippen LogP contribution in [0.5, 0.6) is 0 Å². The molecule has 0 aromatic heterocycles. The van der Waals surface area contributed by atoms with Crippen molar-refractivity contribution in [2.24, 2.45) is 0 Å². The van der Waals surface area contributed by atoms with Gasteiger partial charge in [0.15, 0.2) is 0 Å². The van der Waals surface area contributed by atoms with Gasteiger partial charge in [0, 0.05) is 19.3 Å². The van der Waals surface area contributed by atoms with E-state index in [2.05, 4.69) is 42.4 Å². The maximum Gasteiger partial charge on any atom is 0.0108 e. The summed E-state index contributed by atoms with van der Waals surface area (Å²) in [6.07, 6.45) is 3.88. The molecule has 0 N–H and O–H groups in total. The molecule has 0 aromatic carbocycles. The second kappa shape index (κ2) is 9.68. The average molecular weight is 158 g/mol. The minimum atomic E-state index is 0.910. The van der Waals surface area contributed by atoms with Crippen molar-refractivity contribution in [3.05, 3.63) is 0 Å². The van der Waals surface area contributed by atoms with Gasteiger partial charge in [-0.2, -0.15) is 0 Å². The molecule has 0 rings (SSSR count). The van der Waals surface area contributed by atoms with Gasteiger partial charge in [-0.1, -0.05) is 18.8 Å². The van der Waals surface area contributed by atoms with E-state index in [1.54, 1.807) is 6.92 Å². The van der Waals surface area contributed by atoms with E-state index in [4.69, 9.17) is 0 Å². The molecule has 0 aliphatic rings. The first kappa shape index (κ1) is 10.7. The normalized spacial score (nSPS) is 6.50. The first-order valence-electron chi connectivity index (χ1n) is 4.27. The highest BCUT2D eigenvalue weighted by Gasteiger charge is 1.77. The fourth-order valence-electron chi connectivity index (χ4n) is 0.648. The number of hydrogen-bond donors (Lipinski definition) is 0. The zero-order valence-electron chi connectivity index (χ0n) is 7.83. The Bertz CT molecular complexity index is 264. The molecule has 0 aliphatic carbocycles. The van der Waals surface area contributed by atoms with Crippen LogP contribution in [-0.2, 0) is 0 Å². The summed E-state index contributed by atoms with van der Waals surface area (Å²) in [6, 6.07) is 0. The Kier molecular flexibility index (Phi) is 8.62. The maximum atomic E-state index is 3.07. The molecule has 0 fully saturated rings. The molecule has 0 saturated carbocycles. The molecule has 0 atom stereocenters. The van der Waals surface area contributed by atoms with Crippen LogP contribution in [0.15, 0.2) is 0 Å². The van der Waals surface area contributed by atoms with Crippen LogP contribution in [0.3, 0.4) is 0 Å². The molecule has 0 bridgehead atoms. The molecule has 62 valence electrons. The van der Waals surface area contributed by atoms with E-state index in [1.807, 2.05) is 0 Å². The van der Waals surface area contributed by atoms with Crippen LogP contribution in [0.4, 0.5) is 0 Å². The van der Waals surface area contributed by atoms with Crippen LogP contribution >= 0.6 is 0 Å². The summed E-state index contributed by atoms with van der Waals surface area (Å²) >= 11 is 0. The summed E-state index contributed by atoms with van der Waals surface area (Å²) in [4.78, 5) is 0. The van der Waals surface area contributed by atoms with E-state index < -0.39 is 0 Å². The van der Waals surface area contributed by atoms with Gasteiger partial charge in [0.05, 0.1) is 0 Å². The third kappa shape index (κ3) is 8.68. The van der Waals surface area contributed by atoms with Crippen LogP contribution in [0.2, 0.25) is 0 Å². The molecule has 0 aromatic rings. The molecule has 0 spiro atoms. The zero-order valence-corrected chi connectivity index (χ0v) is 7.83. The third-order valence-corrected chi connectivity index (χ3v) is 1.18. The molecule has 12 heavy (non-hydrogen) atoms. The van der Waals surface area contributed by atoms with Crippen molar-refractivity contribution in [1.82, 2.24) is 0 Å². The van der Waals surface area contributed by atoms with E-state index in [0.29, 0.717) is 0 Å². The fourth-order valence-corrected chi connectivity index (χ4v) is 0.648. The van der Waals surface area contributed by atoms with Gasteiger partial charge in [-0.05, 0) is 25.2 Å². The van der Waals surface area contributed by atoms with Crippen LogP contribution < -0.4 is 0 Å². The first-order valence-corrected chi connectivity index (χ1v) is 4.27. The minimum absolute atomic E-state index is 0.910. The smallest absolute Gasteiger partial charge is 0.0108 e. The van der Waals surface area contributed by atoms with E-state index >= 15 is 0 Å². The van der Waals surface area contributed by atoms with Crippen molar-refractivity contribution in [2.75, 3.05) is 0 Å². The second-order valence-corrected chi connectivity index (χ2v) is 2.24. The lowest BCUT2D eigenvalue weighted by atomic mass is 10.2. The van der Waals surface area contributed by atoms with Gasteiger partial charge in [0.25, 0.3) is 0 Å². The summed E-state index contributed by atoms with van der Waals surface area (Å²) in [7, 11) is 0. The predicted octanol–water partition coefficient (Wildman–Crippen LogP) is 2.60. The molecular weight excluding hydrogens is 144 g/mol. The monoisotopic (exact) mass is 158 g/mol. The summed E-state index contributed by atoms with van der Waals surface area (Å²) in [5.41, 5.74) is 0. The Morgan fingerprint density at radius 2 is 1.67 bits per heavy atom. The highest BCUT2D eigenvalue weighted by atomic mass is 13.8. The molecule has 0 aliphatic heterocycles. The molecule has 0 radical (unpaired) electrons. The standard InChI is InChI=1S/C12H14/c1-3-5-7-9-11-12-10-8-6-4-2/h3,9,11-12H2,1-2H3. The van der Waals surface area contributed by atoms with Crippen molar-refractivity contribution < 1.29 is 0 Å². The van der Waals surface area contributed by atoms with Gasteiger partial charge in [-0.15, -0.1) is 11.8 Å². The Morgan fingerprint density at radius 3 is 2.33 bits per heavy atom. The molecule has 0 nitrogen and oxygen atoms in total. The molecule has 0 unspecified atom stereocenters. The molecule has 0 heterocycles. The van der Waals surface area contributed by atoms with Crippen LogP contribution in [0, 0.1) is 35.5 Å². The molecule has 0 amide bonds. The quantitative estimate of drug-likeness (QED) is 0.428. The fraction of sp³-hybridized carbons (Fsp3) is 0.500. The number of unbranched alkanes of at least 4 members (excludes halogenated alkanes) is 2. The van der Waals surface area contributed by atoms with Gasteiger partial charge >= 0.3 is 0 Å². The van der Waals surface area contributed by atoms with E-state index in [9.17, 15) is 0 Å². The summed E-state index contributed by atoms with van der Waals surface area (Å²) in [5, 5.41) is 0. The predicted molar refractivity (Wildman–Crippen MR) is 53.1 cm³/mol. The van der Waals surface area contributed by atoms with Crippen molar-refractivity contribution in [2.45, 2.75) is 39.5 Å². The zero-order chi connectivity index (χ0) is 9.07. The Labute approximate surface area is 75.8 Å². The largest absolute Gasteiger partial charge is 0.104 e. The number of rotatable bonds is 2. The van der Waals surface area contributed by atoms with E-state index in [1.165, 1.54) is 0 Å². The molecule has 0 saturated heterocycles. The van der Waals surface area contributed by atoms with Crippen LogP contribution in [0.1, 0.15) is 39.5 Å². The van der Waals surface area contributed by atoms with Crippen molar-refractivity contribution in [3.63, 3.8) is 0 Å². The van der Waals surface area contributed by atoms with Crippen molar-refractivity contribution in [1.29, 1.82) is 0 Å². The minimum Gasteiger partial charge on any atom is -0.104 e. The average Bonchev–Trinajstić information content (AvgIpc) is 2.10. The van der Waals surface area contributed by atoms with Gasteiger partial charge in [-0.25, -0.2) is 0 Å². The highest BCUT2D eigenvalue weighted by molar-refractivity contribution is 5.24. The van der Waals surface area contributed by atoms with Gasteiger partial charge in [0.1, 0.15) is 0 Å². The summed E-state index contributed by atoms with van der Waals surface area (Å²) < 4.78 is 0. The third-order valence-electron chi connectivity index (χ3n) is 1.18. The van der Waals surface area contributed by atoms with Crippen LogP contribution in [0.25, 0.3) is 0 Å². The van der Waals surface area contributed by atoms with Gasteiger partial charge in [-0.3, -0.25) is 0 Å². The SMILES string of the molecule is CC#CC#CCCCC#CCC. The molecular formula is C12H14. The topological polar surface area (TPSA) is 0 Å². The van der Waals surface area contributed by atoms with Gasteiger partial charge < -0.3 is 0 Å².